The molecular formula is C94H141N7O25S. The summed E-state index contributed by atoms with van der Waals surface area (Å²) in [5.41, 5.74) is 18.3. The first-order valence-corrected chi connectivity index (χ1v) is 46.3. The van der Waals surface area contributed by atoms with Crippen LogP contribution in [0, 0.1) is 36.5 Å². The van der Waals surface area contributed by atoms with Gasteiger partial charge in [-0.25, -0.2) is 14.6 Å². The van der Waals surface area contributed by atoms with Crippen molar-refractivity contribution in [1.82, 2.24) is 25.4 Å². The van der Waals surface area contributed by atoms with E-state index in [1.54, 1.807) is 63.4 Å². The van der Waals surface area contributed by atoms with Crippen LogP contribution in [0.4, 0.5) is 10.6 Å². The Bertz CT molecular complexity index is 4010. The lowest BCUT2D eigenvalue weighted by molar-refractivity contribution is -0.265. The van der Waals surface area contributed by atoms with Crippen LogP contribution in [0.1, 0.15) is 153 Å². The van der Waals surface area contributed by atoms with Crippen molar-refractivity contribution >= 4 is 58.3 Å². The van der Waals surface area contributed by atoms with E-state index in [4.69, 9.17) is 82.5 Å². The predicted octanol–water partition coefficient (Wildman–Crippen LogP) is 8.86. The fourth-order valence-electron chi connectivity index (χ4n) is 16.4. The second-order valence-electron chi connectivity index (χ2n) is 33.6. The predicted molar refractivity (Wildman–Crippen MR) is 477 cm³/mol. The number of benzene rings is 2. The van der Waals surface area contributed by atoms with Crippen LogP contribution >= 0.6 is 0 Å². The van der Waals surface area contributed by atoms with Gasteiger partial charge in [0.1, 0.15) is 54.4 Å². The van der Waals surface area contributed by atoms with Crippen molar-refractivity contribution in [2.75, 3.05) is 171 Å². The van der Waals surface area contributed by atoms with E-state index in [2.05, 4.69) is 15.6 Å². The van der Waals surface area contributed by atoms with Gasteiger partial charge in [-0.1, -0.05) is 70.2 Å². The summed E-state index contributed by atoms with van der Waals surface area (Å²) in [6.07, 6.45) is 13.1. The summed E-state index contributed by atoms with van der Waals surface area (Å²) in [6, 6.07) is 12.8. The number of aryl methyl sites for hydroxylation is 1. The van der Waals surface area contributed by atoms with Crippen LogP contribution in [-0.4, -0.2) is 297 Å². The number of aromatic nitrogens is 1. The first-order valence-electron chi connectivity index (χ1n) is 45.0. The quantitative estimate of drug-likeness (QED) is 0.0102. The van der Waals surface area contributed by atoms with Crippen molar-refractivity contribution < 1.29 is 119 Å². The summed E-state index contributed by atoms with van der Waals surface area (Å²) >= 11 is -1.40. The van der Waals surface area contributed by atoms with Gasteiger partial charge in [-0.2, -0.15) is 0 Å². The number of amides is 4. The number of esters is 1. The standard InChI is InChI=1S/C94H141N7O25S/c1-63-16-12-11-13-17-65(3)82(112-8)60-74-24-20-69(7)94(110,126-74)89(105)91(107)101-34-15-14-18-78(101)92(108)124-80(27-19-64(2)55-68(6)87(104)88(114-10)86(103)67(5)54-63)77(95)57-70-21-28-81(83(58-70)113-9)125-93(109)98-32-37-116-40-42-118-44-46-120-48-50-122-52-51-121-49-47-119-45-43-117-41-39-115-36-31-85(102)97-33-53-127(111)75-25-26-76(66(4)56-75)90(106)100-35-38-123-79-29-22-71(59-73(79)62-100)72-23-30-84(96)99-61-72/h11-13,16-17,22-23,25-26,29-30,55-56,59,61,63-64,67,69-70,74,77-78,80-83,87-88,104,110H,14-15,18-21,24,27-28,31-54,57-58,60,62,95H2,1-10H3,(H2,96,99)(H,97,102)(H,98,109)/b13-11+,16-12+,65-17+,68-55+/t63-,64+,67-,69-,70+,74+,77-,78+,80+,81-,82+,83-,87-,88+,94-,127?/m1/s1. The Kier molecular flexibility index (Phi) is 46.3. The highest BCUT2D eigenvalue weighted by Crippen LogP contribution is 2.39. The largest absolute Gasteiger partial charge is 0.611 e. The molecule has 5 heterocycles. The zero-order chi connectivity index (χ0) is 91.6. The smallest absolute Gasteiger partial charge is 0.407 e. The number of anilines is 1. The van der Waals surface area contributed by atoms with Crippen LogP contribution < -0.4 is 26.8 Å². The van der Waals surface area contributed by atoms with Crippen molar-refractivity contribution in [3.63, 3.8) is 0 Å². The number of aliphatic hydroxyl groups excluding tert-OH is 1. The molecule has 4 aliphatic heterocycles. The van der Waals surface area contributed by atoms with E-state index < -0.39 is 107 Å². The summed E-state index contributed by atoms with van der Waals surface area (Å²) < 4.78 is 99.9. The number of aliphatic hydroxyl groups is 2. The third-order valence-corrected chi connectivity index (χ3v) is 25.2. The number of ketones is 2. The number of hydrogen-bond acceptors (Lipinski definition) is 28. The number of nitrogens with zero attached hydrogens (tertiary/aromatic N) is 3. The number of hydrogen-bond donors (Lipinski definition) is 6. The van der Waals surface area contributed by atoms with Crippen LogP contribution in [0.3, 0.4) is 0 Å². The minimum atomic E-state index is -2.46. The Morgan fingerprint density at radius 3 is 1.98 bits per heavy atom. The molecule has 2 bridgehead atoms. The van der Waals surface area contributed by atoms with Crippen molar-refractivity contribution in [3.8, 4) is 16.9 Å². The van der Waals surface area contributed by atoms with Gasteiger partial charge in [0.25, 0.3) is 17.6 Å². The molecule has 3 fully saturated rings. The number of carbonyl (C=O) groups is 7. The maximum absolute atomic E-state index is 14.7. The molecule has 2 aromatic carbocycles. The summed E-state index contributed by atoms with van der Waals surface area (Å²) in [7, 11) is 4.55. The number of fused-ring (bicyclic) bond motifs is 4. The number of ether oxygens (including phenoxy) is 15. The molecule has 8 N–H and O–H groups in total. The molecule has 0 radical (unpaired) electrons. The number of cyclic esters (lactones) is 1. The van der Waals surface area contributed by atoms with E-state index in [1.165, 1.54) is 12.0 Å². The van der Waals surface area contributed by atoms with Gasteiger partial charge >= 0.3 is 12.1 Å². The van der Waals surface area contributed by atoms with Gasteiger partial charge in [0.2, 0.25) is 11.7 Å². The molecule has 1 unspecified atom stereocenters. The van der Waals surface area contributed by atoms with E-state index >= 15 is 0 Å². The lowest BCUT2D eigenvalue weighted by atomic mass is 9.80. The highest BCUT2D eigenvalue weighted by molar-refractivity contribution is 7.91. The van der Waals surface area contributed by atoms with Crippen molar-refractivity contribution in [3.05, 3.63) is 119 Å². The number of allylic oxidation sites excluding steroid dienone is 6. The van der Waals surface area contributed by atoms with Crippen molar-refractivity contribution in [2.24, 2.45) is 35.3 Å². The van der Waals surface area contributed by atoms with E-state index in [9.17, 15) is 48.3 Å². The molecule has 32 nitrogen and oxygen atoms in total. The highest BCUT2D eigenvalue weighted by atomic mass is 32.2. The molecule has 33 heteroatoms. The minimum absolute atomic E-state index is 0.0173. The molecule has 1 saturated carbocycles. The Labute approximate surface area is 752 Å². The number of rotatable bonds is 40. The second kappa shape index (κ2) is 56.2. The molecule has 5 aliphatic rings. The third-order valence-electron chi connectivity index (χ3n) is 23.8. The Balaban J connectivity index is 0.634. The lowest BCUT2D eigenvalue weighted by Gasteiger charge is -2.42. The molecule has 127 heavy (non-hydrogen) atoms. The van der Waals surface area contributed by atoms with Gasteiger partial charge in [-0.05, 0) is 191 Å². The topological polar surface area (TPSA) is 417 Å². The minimum Gasteiger partial charge on any atom is -0.611 e. The molecule has 1 aliphatic carbocycles. The third kappa shape index (κ3) is 34.5. The summed E-state index contributed by atoms with van der Waals surface area (Å²) in [6.45, 7) is 20.1. The van der Waals surface area contributed by atoms with Crippen molar-refractivity contribution in [1.29, 1.82) is 0 Å². The van der Waals surface area contributed by atoms with Crippen LogP contribution in [-0.2, 0) is 108 Å². The number of piperidine rings is 1. The molecule has 4 amide bonds. The average Bonchev–Trinajstić information content (AvgIpc) is 1.09. The fourth-order valence-corrected chi connectivity index (χ4v) is 17.4. The Morgan fingerprint density at radius 1 is 0.677 bits per heavy atom. The molecule has 8 rings (SSSR count). The number of carbonyl (C=O) groups excluding carboxylic acids is 7. The van der Waals surface area contributed by atoms with Crippen LogP contribution in [0.25, 0.3) is 11.1 Å². The van der Waals surface area contributed by atoms with Gasteiger partial charge in [0.15, 0.2) is 10.7 Å². The molecule has 708 valence electrons. The normalized spacial score (nSPS) is 27.1. The number of methoxy groups -OCH3 is 3. The molecule has 3 aromatic rings. The van der Waals surface area contributed by atoms with Gasteiger partial charge < -0.3 is 118 Å². The van der Waals surface area contributed by atoms with Gasteiger partial charge in [-0.15, -0.1) is 0 Å². The molecule has 16 atom stereocenters. The van der Waals surface area contributed by atoms with Gasteiger partial charge in [0.05, 0.1) is 137 Å². The Morgan fingerprint density at radius 2 is 1.34 bits per heavy atom. The second-order valence-corrected chi connectivity index (χ2v) is 35.1. The molecular weight excluding hydrogens is 1660 g/mol. The van der Waals surface area contributed by atoms with Gasteiger partial charge in [0, 0.05) is 94.6 Å². The highest BCUT2D eigenvalue weighted by Gasteiger charge is 2.53. The first-order chi connectivity index (χ1) is 61.2. The Hall–Kier alpha value is -7.65. The summed E-state index contributed by atoms with van der Waals surface area (Å²) in [4.78, 5) is 105. The maximum atomic E-state index is 14.7. The molecule has 2 saturated heterocycles. The van der Waals surface area contributed by atoms with Crippen LogP contribution in [0.5, 0.6) is 5.75 Å². The van der Waals surface area contributed by atoms with E-state index in [-0.39, 0.29) is 93.2 Å². The first kappa shape index (κ1) is 105. The summed E-state index contributed by atoms with van der Waals surface area (Å²) in [5, 5.41) is 29.3. The zero-order valence-electron chi connectivity index (χ0n) is 76.1. The SMILES string of the molecule is CO[C@H]1C[C@@H]2CC[C@@H](C)[C@@](O)(O2)C(=O)C(=O)N2CCCC[C@H]2C(=O)O[C@H]([C@H](N)C[C@@H]2CC[C@@H](OC(=O)NCCOCCOCCOCCOCCOCCOCCOCCOCCC(=O)NCC[S+]([O-])c3ccc(C(=O)N4CCOc5ccc(-c6ccc(N)nc6)cc5C4)c(C)c3)[C@H](OC)C2)CC[C@H](C)/C=C(\C)[C@@H](O)[C@@H](OC)C(=O)[C@H](C)C[C@H](C)/C=C/C=C/C=C/1C. The van der Waals surface area contributed by atoms with Crippen molar-refractivity contribution in [2.45, 2.75) is 210 Å². The van der Waals surface area contributed by atoms with E-state index in [0.29, 0.717) is 210 Å². The molecule has 0 spiro atoms. The lowest BCUT2D eigenvalue weighted by Crippen LogP contribution is -2.61. The molecule has 1 aromatic heterocycles. The number of alkyl carbamates (subject to hydrolysis) is 1. The fraction of sp³-hybridized carbons (Fsp3) is 0.660. The number of nitrogen functional groups attached to an aromatic ring is 1. The van der Waals surface area contributed by atoms with Gasteiger partial charge in [-0.3, -0.25) is 24.0 Å². The average molecular weight is 1800 g/mol. The van der Waals surface area contributed by atoms with Crippen LogP contribution in [0.15, 0.2) is 107 Å². The number of nitrogens with one attached hydrogen (secondary N) is 2. The van der Waals surface area contributed by atoms with E-state index in [0.717, 1.165) is 28.0 Å². The number of nitrogens with two attached hydrogens (primary N) is 2. The number of Topliss-reactive ketones (excluding diaryl/α,β-unsaturated/α-hetero) is 2. The number of pyridine rings is 1. The summed E-state index contributed by atoms with van der Waals surface area (Å²) in [5.74, 6) is -5.95. The monoisotopic (exact) mass is 1800 g/mol. The van der Waals surface area contributed by atoms with E-state index in [1.807, 2.05) is 95.3 Å². The van der Waals surface area contributed by atoms with Crippen LogP contribution in [0.2, 0.25) is 0 Å². The maximum Gasteiger partial charge on any atom is 0.407 e. The zero-order valence-corrected chi connectivity index (χ0v) is 76.9.